The van der Waals surface area contributed by atoms with E-state index < -0.39 is 46.8 Å². The predicted molar refractivity (Wildman–Crippen MR) is 124 cm³/mol. The molecule has 0 aliphatic rings. The summed E-state index contributed by atoms with van der Waals surface area (Å²) < 4.78 is 45.1. The SMILES string of the molecule is C=CC/C(=N\OCCO)c1cc(C(=O)NOCCO)c(Nc2ccc(I)cc2F)c(F)c1F. The number of allylic oxidation sites excluding steroid dienone is 1. The Labute approximate surface area is 201 Å². The molecule has 178 valence electrons. The van der Waals surface area contributed by atoms with Gasteiger partial charge in [-0.15, -0.1) is 6.58 Å². The van der Waals surface area contributed by atoms with Crippen molar-refractivity contribution < 1.29 is 37.9 Å². The number of nitrogens with zero attached hydrogens (tertiary/aromatic N) is 1. The number of aliphatic hydroxyl groups is 2. The van der Waals surface area contributed by atoms with Gasteiger partial charge in [-0.3, -0.25) is 9.63 Å². The van der Waals surface area contributed by atoms with Gasteiger partial charge in [0.25, 0.3) is 5.91 Å². The number of aliphatic hydroxyl groups excluding tert-OH is 2. The molecule has 0 spiro atoms. The van der Waals surface area contributed by atoms with Gasteiger partial charge >= 0.3 is 0 Å². The summed E-state index contributed by atoms with van der Waals surface area (Å²) in [5, 5.41) is 23.8. The fourth-order valence-electron chi connectivity index (χ4n) is 2.58. The fraction of sp³-hybridized carbons (Fsp3) is 0.238. The van der Waals surface area contributed by atoms with E-state index in [9.17, 15) is 9.18 Å². The maximum absolute atomic E-state index is 15.2. The number of nitrogens with one attached hydrogen (secondary N) is 2. The highest BCUT2D eigenvalue weighted by Crippen LogP contribution is 2.31. The quantitative estimate of drug-likeness (QED) is 0.101. The molecular weight excluding hydrogens is 558 g/mol. The molecule has 2 aromatic carbocycles. The molecule has 0 saturated carbocycles. The second kappa shape index (κ2) is 13.1. The molecule has 12 heteroatoms. The zero-order valence-corrected chi connectivity index (χ0v) is 19.4. The second-order valence-electron chi connectivity index (χ2n) is 6.31. The number of benzene rings is 2. The molecule has 4 N–H and O–H groups in total. The number of rotatable bonds is 12. The van der Waals surface area contributed by atoms with Crippen LogP contribution in [0, 0.1) is 21.0 Å². The van der Waals surface area contributed by atoms with E-state index in [-0.39, 0.29) is 37.6 Å². The summed E-state index contributed by atoms with van der Waals surface area (Å²) in [6, 6.07) is 5.00. The normalized spacial score (nSPS) is 11.3. The van der Waals surface area contributed by atoms with E-state index in [0.29, 0.717) is 3.57 Å². The Kier molecular flexibility index (Phi) is 10.6. The van der Waals surface area contributed by atoms with Crippen LogP contribution in [0.15, 0.2) is 42.1 Å². The van der Waals surface area contributed by atoms with Crippen molar-refractivity contribution in [3.8, 4) is 0 Å². The van der Waals surface area contributed by atoms with E-state index in [4.69, 9.17) is 19.9 Å². The minimum absolute atomic E-state index is 0.0532. The van der Waals surface area contributed by atoms with Crippen molar-refractivity contribution >= 4 is 45.6 Å². The van der Waals surface area contributed by atoms with Crippen LogP contribution < -0.4 is 10.8 Å². The Bertz CT molecular complexity index is 1040. The van der Waals surface area contributed by atoms with Crippen LogP contribution in [0.25, 0.3) is 0 Å². The molecule has 0 radical (unpaired) electrons. The van der Waals surface area contributed by atoms with E-state index in [2.05, 4.69) is 17.1 Å². The number of carbonyl (C=O) groups is 1. The van der Waals surface area contributed by atoms with Crippen LogP contribution in [-0.2, 0) is 9.68 Å². The second-order valence-corrected chi connectivity index (χ2v) is 7.56. The van der Waals surface area contributed by atoms with Crippen molar-refractivity contribution in [1.29, 1.82) is 0 Å². The van der Waals surface area contributed by atoms with Crippen molar-refractivity contribution in [1.82, 2.24) is 5.48 Å². The zero-order valence-electron chi connectivity index (χ0n) is 17.2. The highest BCUT2D eigenvalue weighted by molar-refractivity contribution is 14.1. The summed E-state index contributed by atoms with van der Waals surface area (Å²) in [6.45, 7) is 2.31. The fourth-order valence-corrected chi connectivity index (χ4v) is 3.03. The van der Waals surface area contributed by atoms with Crippen LogP contribution in [0.2, 0.25) is 0 Å². The van der Waals surface area contributed by atoms with Crippen LogP contribution in [0.1, 0.15) is 22.3 Å². The highest BCUT2D eigenvalue weighted by Gasteiger charge is 2.26. The Morgan fingerprint density at radius 1 is 1.12 bits per heavy atom. The van der Waals surface area contributed by atoms with Gasteiger partial charge in [-0.05, 0) is 46.9 Å². The van der Waals surface area contributed by atoms with Gasteiger partial charge in [-0.1, -0.05) is 11.2 Å². The van der Waals surface area contributed by atoms with Crippen molar-refractivity contribution in [2.75, 3.05) is 31.7 Å². The van der Waals surface area contributed by atoms with Crippen molar-refractivity contribution in [3.05, 3.63) is 69.1 Å². The van der Waals surface area contributed by atoms with Crippen LogP contribution >= 0.6 is 22.6 Å². The number of anilines is 2. The molecule has 2 rings (SSSR count). The van der Waals surface area contributed by atoms with Crippen molar-refractivity contribution in [3.63, 3.8) is 0 Å². The lowest BCUT2D eigenvalue weighted by Crippen LogP contribution is -2.27. The molecule has 0 saturated heterocycles. The minimum Gasteiger partial charge on any atom is -0.394 e. The number of amides is 1. The molecule has 0 aliphatic heterocycles. The largest absolute Gasteiger partial charge is 0.394 e. The first kappa shape index (κ1) is 26.6. The summed E-state index contributed by atoms with van der Waals surface area (Å²) in [5.41, 5.74) is 0.213. The van der Waals surface area contributed by atoms with E-state index in [1.165, 1.54) is 24.3 Å². The first-order valence-electron chi connectivity index (χ1n) is 9.52. The summed E-state index contributed by atoms with van der Waals surface area (Å²) in [4.78, 5) is 22.3. The average Bonchev–Trinajstić information content (AvgIpc) is 2.78. The molecule has 2 aromatic rings. The smallest absolute Gasteiger partial charge is 0.277 e. The number of oxime groups is 1. The number of hydrogen-bond donors (Lipinski definition) is 4. The molecule has 0 bridgehead atoms. The highest BCUT2D eigenvalue weighted by atomic mass is 127. The molecule has 8 nitrogen and oxygen atoms in total. The van der Waals surface area contributed by atoms with Crippen LogP contribution in [0.4, 0.5) is 24.5 Å². The third-order valence-electron chi connectivity index (χ3n) is 4.01. The molecule has 1 amide bonds. The Hall–Kier alpha value is -2.68. The molecular formula is C21H21F3IN3O5. The lowest BCUT2D eigenvalue weighted by Gasteiger charge is -2.17. The summed E-state index contributed by atoms with van der Waals surface area (Å²) >= 11 is 1.88. The molecule has 0 aliphatic carbocycles. The van der Waals surface area contributed by atoms with E-state index in [0.717, 1.165) is 6.07 Å². The first-order valence-corrected chi connectivity index (χ1v) is 10.6. The topological polar surface area (TPSA) is 112 Å². The summed E-state index contributed by atoms with van der Waals surface area (Å²) in [7, 11) is 0. The number of carbonyl (C=O) groups excluding carboxylic acids is 1. The van der Waals surface area contributed by atoms with Gasteiger partial charge in [0, 0.05) is 15.6 Å². The number of hydrogen-bond acceptors (Lipinski definition) is 7. The van der Waals surface area contributed by atoms with Gasteiger partial charge in [0.15, 0.2) is 11.6 Å². The van der Waals surface area contributed by atoms with Crippen LogP contribution in [0.5, 0.6) is 0 Å². The molecule has 0 unspecified atom stereocenters. The maximum Gasteiger partial charge on any atom is 0.277 e. The lowest BCUT2D eigenvalue weighted by atomic mass is 10.0. The van der Waals surface area contributed by atoms with E-state index in [1.807, 2.05) is 28.1 Å². The van der Waals surface area contributed by atoms with Crippen molar-refractivity contribution in [2.45, 2.75) is 6.42 Å². The van der Waals surface area contributed by atoms with Crippen LogP contribution in [0.3, 0.4) is 0 Å². The van der Waals surface area contributed by atoms with Gasteiger partial charge in [-0.25, -0.2) is 18.7 Å². The number of hydroxylamine groups is 1. The minimum atomic E-state index is -1.48. The molecule has 33 heavy (non-hydrogen) atoms. The van der Waals surface area contributed by atoms with E-state index >= 15 is 8.78 Å². The standard InChI is InChI=1S/C21H21F3IN3O5/c1-2-3-16(27-32-8-6-29)13-11-14(21(31)28-33-9-7-30)20(19(24)18(13)23)26-17-5-4-12(25)10-15(17)22/h2,4-5,10-11,26,29-30H,1,3,6-9H2,(H,28,31)/b27-16+. The van der Waals surface area contributed by atoms with E-state index in [1.54, 1.807) is 0 Å². The number of halogens is 4. The monoisotopic (exact) mass is 579 g/mol. The third-order valence-corrected chi connectivity index (χ3v) is 4.68. The average molecular weight is 579 g/mol. The molecule has 0 aromatic heterocycles. The van der Waals surface area contributed by atoms with Gasteiger partial charge in [0.2, 0.25) is 0 Å². The van der Waals surface area contributed by atoms with Gasteiger partial charge < -0.3 is 20.4 Å². The van der Waals surface area contributed by atoms with Crippen molar-refractivity contribution in [2.24, 2.45) is 5.16 Å². The van der Waals surface area contributed by atoms with Gasteiger partial charge in [0.05, 0.1) is 42.5 Å². The molecule has 0 heterocycles. The Morgan fingerprint density at radius 2 is 1.85 bits per heavy atom. The van der Waals surface area contributed by atoms with Gasteiger partial charge in [0.1, 0.15) is 12.4 Å². The Balaban J connectivity index is 2.62. The predicted octanol–water partition coefficient (Wildman–Crippen LogP) is 3.39. The molecule has 0 atom stereocenters. The molecule has 0 fully saturated rings. The third kappa shape index (κ3) is 7.15. The zero-order chi connectivity index (χ0) is 24.4. The lowest BCUT2D eigenvalue weighted by molar-refractivity contribution is 0.0168. The summed E-state index contributed by atoms with van der Waals surface area (Å²) in [5.74, 6) is -4.59. The van der Waals surface area contributed by atoms with Crippen LogP contribution in [-0.4, -0.2) is 48.3 Å². The summed E-state index contributed by atoms with van der Waals surface area (Å²) in [6.07, 6.45) is 1.30. The maximum atomic E-state index is 15.2. The van der Waals surface area contributed by atoms with Gasteiger partial charge in [-0.2, -0.15) is 0 Å². The first-order chi connectivity index (χ1) is 15.8. The Morgan fingerprint density at radius 3 is 2.48 bits per heavy atom.